The van der Waals surface area contributed by atoms with E-state index in [1.165, 1.54) is 6.07 Å². The monoisotopic (exact) mass is 261 g/mol. The van der Waals surface area contributed by atoms with Crippen LogP contribution >= 0.6 is 0 Å². The van der Waals surface area contributed by atoms with Crippen LogP contribution in [-0.2, 0) is 13.5 Å². The van der Waals surface area contributed by atoms with Crippen LogP contribution < -0.4 is 5.32 Å². The number of hydrogen-bond donors (Lipinski definition) is 1. The molecule has 19 heavy (non-hydrogen) atoms. The molecule has 1 aromatic carbocycles. The van der Waals surface area contributed by atoms with Crippen LogP contribution in [0.1, 0.15) is 11.4 Å². The summed E-state index contributed by atoms with van der Waals surface area (Å²) in [7, 11) is 1.89. The molecule has 0 aliphatic carbocycles. The summed E-state index contributed by atoms with van der Waals surface area (Å²) in [5.41, 5.74) is 1.65. The smallest absolute Gasteiger partial charge is 0.272 e. The van der Waals surface area contributed by atoms with Crippen LogP contribution in [0.3, 0.4) is 0 Å². The third-order valence-corrected chi connectivity index (χ3v) is 2.88. The van der Waals surface area contributed by atoms with Gasteiger partial charge in [0.1, 0.15) is 12.2 Å². The van der Waals surface area contributed by atoms with Gasteiger partial charge in [-0.25, -0.2) is 0 Å². The van der Waals surface area contributed by atoms with Crippen molar-refractivity contribution >= 4 is 11.4 Å². The van der Waals surface area contributed by atoms with Crippen LogP contribution in [0.15, 0.2) is 24.5 Å². The fraction of sp³-hybridized carbons (Fsp3) is 0.333. The maximum absolute atomic E-state index is 10.7. The summed E-state index contributed by atoms with van der Waals surface area (Å²) in [6.45, 7) is 2.43. The van der Waals surface area contributed by atoms with Gasteiger partial charge in [0.2, 0.25) is 0 Å². The summed E-state index contributed by atoms with van der Waals surface area (Å²) in [5.74, 6) is 0.895. The number of nitrogens with zero attached hydrogens (tertiary/aromatic N) is 4. The second-order valence-electron chi connectivity index (χ2n) is 4.29. The van der Waals surface area contributed by atoms with Crippen molar-refractivity contribution in [1.82, 2.24) is 14.8 Å². The van der Waals surface area contributed by atoms with Gasteiger partial charge in [-0.05, 0) is 19.1 Å². The van der Waals surface area contributed by atoms with Crippen molar-refractivity contribution in [3.8, 4) is 0 Å². The molecule has 0 aliphatic rings. The average molecular weight is 261 g/mol. The normalized spacial score (nSPS) is 10.4. The molecule has 0 amide bonds. The fourth-order valence-corrected chi connectivity index (χ4v) is 1.82. The molecular weight excluding hydrogens is 246 g/mol. The number of hydrogen-bond acceptors (Lipinski definition) is 5. The van der Waals surface area contributed by atoms with Crippen molar-refractivity contribution in [2.24, 2.45) is 7.05 Å². The first kappa shape index (κ1) is 13.0. The zero-order chi connectivity index (χ0) is 13.8. The lowest BCUT2D eigenvalue weighted by Crippen LogP contribution is -2.08. The second-order valence-corrected chi connectivity index (χ2v) is 4.29. The first-order chi connectivity index (χ1) is 9.08. The van der Waals surface area contributed by atoms with E-state index in [0.717, 1.165) is 17.9 Å². The Morgan fingerprint density at radius 1 is 1.47 bits per heavy atom. The molecule has 0 unspecified atom stereocenters. The van der Waals surface area contributed by atoms with Gasteiger partial charge in [0.05, 0.1) is 4.92 Å². The van der Waals surface area contributed by atoms with Crippen LogP contribution in [0.4, 0.5) is 11.4 Å². The first-order valence-corrected chi connectivity index (χ1v) is 5.89. The van der Waals surface area contributed by atoms with Gasteiger partial charge in [-0.15, -0.1) is 10.2 Å². The molecule has 0 spiro atoms. The quantitative estimate of drug-likeness (QED) is 0.653. The molecule has 7 nitrogen and oxygen atoms in total. The van der Waals surface area contributed by atoms with Gasteiger partial charge >= 0.3 is 0 Å². The summed E-state index contributed by atoms with van der Waals surface area (Å²) in [6.07, 6.45) is 2.40. The predicted molar refractivity (Wildman–Crippen MR) is 71.0 cm³/mol. The fourth-order valence-electron chi connectivity index (χ4n) is 1.82. The maximum atomic E-state index is 10.7. The zero-order valence-electron chi connectivity index (χ0n) is 10.8. The van der Waals surface area contributed by atoms with E-state index < -0.39 is 0 Å². The van der Waals surface area contributed by atoms with E-state index in [9.17, 15) is 10.1 Å². The Labute approximate surface area is 110 Å². The molecular formula is C12H15N5O2. The highest BCUT2D eigenvalue weighted by Crippen LogP contribution is 2.21. The van der Waals surface area contributed by atoms with Crippen molar-refractivity contribution in [1.29, 1.82) is 0 Å². The van der Waals surface area contributed by atoms with Crippen molar-refractivity contribution in [3.63, 3.8) is 0 Å². The molecule has 0 fully saturated rings. The number of aryl methyl sites for hydroxylation is 2. The Morgan fingerprint density at radius 2 is 2.26 bits per heavy atom. The first-order valence-electron chi connectivity index (χ1n) is 5.89. The summed E-state index contributed by atoms with van der Waals surface area (Å²) < 4.78 is 1.86. The molecule has 0 saturated carbocycles. The molecule has 1 N–H and O–H groups in total. The summed E-state index contributed by atoms with van der Waals surface area (Å²) in [4.78, 5) is 10.3. The van der Waals surface area contributed by atoms with E-state index in [1.54, 1.807) is 25.4 Å². The Morgan fingerprint density at radius 3 is 2.84 bits per heavy atom. The third-order valence-electron chi connectivity index (χ3n) is 2.88. The molecule has 100 valence electrons. The molecule has 0 bridgehead atoms. The molecule has 0 aliphatic heterocycles. The number of nitrogens with one attached hydrogen (secondary N) is 1. The van der Waals surface area contributed by atoms with E-state index in [4.69, 9.17) is 0 Å². The lowest BCUT2D eigenvalue weighted by atomic mass is 10.2. The van der Waals surface area contributed by atoms with Crippen LogP contribution in [0.25, 0.3) is 0 Å². The molecule has 7 heteroatoms. The van der Waals surface area contributed by atoms with Crippen molar-refractivity contribution in [3.05, 3.63) is 46.0 Å². The van der Waals surface area contributed by atoms with Gasteiger partial charge in [-0.1, -0.05) is 0 Å². The highest BCUT2D eigenvalue weighted by atomic mass is 16.6. The van der Waals surface area contributed by atoms with Gasteiger partial charge in [0.15, 0.2) is 0 Å². The average Bonchev–Trinajstić information content (AvgIpc) is 2.75. The number of nitro groups is 1. The second kappa shape index (κ2) is 5.47. The Hall–Kier alpha value is -2.44. The molecule has 2 rings (SSSR count). The standard InChI is InChI=1S/C12H15N5O2/c1-9-7-10(3-4-11(9)17(18)19)13-6-5-12-15-14-8-16(12)2/h3-4,7-8,13H,5-6H2,1-2H3. The number of anilines is 1. The minimum atomic E-state index is -0.376. The van der Waals surface area contributed by atoms with Crippen LogP contribution in [0.2, 0.25) is 0 Å². The van der Waals surface area contributed by atoms with Gasteiger partial charge in [0, 0.05) is 37.3 Å². The van der Waals surface area contributed by atoms with Crippen molar-refractivity contribution in [2.75, 3.05) is 11.9 Å². The Kier molecular flexibility index (Phi) is 3.74. The van der Waals surface area contributed by atoms with Gasteiger partial charge < -0.3 is 9.88 Å². The molecule has 0 radical (unpaired) electrons. The molecule has 1 aromatic heterocycles. The molecule has 1 heterocycles. The summed E-state index contributed by atoms with van der Waals surface area (Å²) in [6, 6.07) is 5.00. The zero-order valence-corrected chi connectivity index (χ0v) is 10.8. The highest BCUT2D eigenvalue weighted by molar-refractivity contribution is 5.53. The number of rotatable bonds is 5. The van der Waals surface area contributed by atoms with Crippen LogP contribution in [-0.4, -0.2) is 26.2 Å². The predicted octanol–water partition coefficient (Wildman–Crippen LogP) is 1.69. The molecule has 0 saturated heterocycles. The van der Waals surface area contributed by atoms with E-state index >= 15 is 0 Å². The number of aromatic nitrogens is 3. The van der Waals surface area contributed by atoms with Gasteiger partial charge in [-0.2, -0.15) is 0 Å². The van der Waals surface area contributed by atoms with Crippen LogP contribution in [0, 0.1) is 17.0 Å². The largest absolute Gasteiger partial charge is 0.385 e. The lowest BCUT2D eigenvalue weighted by molar-refractivity contribution is -0.385. The van der Waals surface area contributed by atoms with E-state index in [2.05, 4.69) is 15.5 Å². The van der Waals surface area contributed by atoms with Crippen molar-refractivity contribution < 1.29 is 4.92 Å². The van der Waals surface area contributed by atoms with Crippen molar-refractivity contribution in [2.45, 2.75) is 13.3 Å². The Bertz CT molecular complexity index is 594. The Balaban J connectivity index is 1.95. The van der Waals surface area contributed by atoms with Gasteiger partial charge in [-0.3, -0.25) is 10.1 Å². The van der Waals surface area contributed by atoms with E-state index in [1.807, 2.05) is 11.6 Å². The van der Waals surface area contributed by atoms with E-state index in [0.29, 0.717) is 12.1 Å². The third kappa shape index (κ3) is 3.06. The highest BCUT2D eigenvalue weighted by Gasteiger charge is 2.09. The topological polar surface area (TPSA) is 85.9 Å². The SMILES string of the molecule is Cc1cc(NCCc2nncn2C)ccc1[N+](=O)[O-]. The summed E-state index contributed by atoms with van der Waals surface area (Å²) >= 11 is 0. The summed E-state index contributed by atoms with van der Waals surface area (Å²) in [5, 5.41) is 21.7. The van der Waals surface area contributed by atoms with E-state index in [-0.39, 0.29) is 10.6 Å². The lowest BCUT2D eigenvalue weighted by Gasteiger charge is -2.07. The number of nitro benzene ring substituents is 1. The molecule has 0 atom stereocenters. The molecule has 2 aromatic rings. The van der Waals surface area contributed by atoms with Gasteiger partial charge in [0.25, 0.3) is 5.69 Å². The van der Waals surface area contributed by atoms with Crippen LogP contribution in [0.5, 0.6) is 0 Å². The number of benzene rings is 1. The minimum Gasteiger partial charge on any atom is -0.385 e. The maximum Gasteiger partial charge on any atom is 0.272 e. The minimum absolute atomic E-state index is 0.138.